The second kappa shape index (κ2) is 7.21. The molecule has 5 heteroatoms. The number of aryl methyl sites for hydroxylation is 3. The van der Waals surface area contributed by atoms with Crippen molar-refractivity contribution in [3.05, 3.63) is 64.2 Å². The Morgan fingerprint density at radius 1 is 1.03 bits per heavy atom. The van der Waals surface area contributed by atoms with Crippen LogP contribution in [0.1, 0.15) is 57.2 Å². The Morgan fingerprint density at radius 2 is 1.69 bits per heavy atom. The molecule has 2 aliphatic rings. The van der Waals surface area contributed by atoms with E-state index in [1.807, 2.05) is 43.9 Å². The first-order chi connectivity index (χ1) is 13.8. The van der Waals surface area contributed by atoms with Crippen LogP contribution < -0.4 is 10.2 Å². The summed E-state index contributed by atoms with van der Waals surface area (Å²) in [6, 6.07) is 12.0. The molecule has 0 atom stereocenters. The molecule has 4 rings (SSSR count). The van der Waals surface area contributed by atoms with Crippen LogP contribution in [0.3, 0.4) is 0 Å². The molecule has 2 aromatic rings. The third-order valence-electron chi connectivity index (χ3n) is 6.36. The van der Waals surface area contributed by atoms with Crippen molar-refractivity contribution in [2.75, 3.05) is 24.5 Å². The molecule has 0 bridgehead atoms. The van der Waals surface area contributed by atoms with Crippen LogP contribution in [0.25, 0.3) is 0 Å². The van der Waals surface area contributed by atoms with E-state index < -0.39 is 5.66 Å². The van der Waals surface area contributed by atoms with Crippen LogP contribution in [0.5, 0.6) is 0 Å². The molecule has 2 heterocycles. The zero-order valence-corrected chi connectivity index (χ0v) is 17.7. The number of hydrogen-bond donors (Lipinski definition) is 1. The largest absolute Gasteiger partial charge is 0.348 e. The predicted molar refractivity (Wildman–Crippen MR) is 115 cm³/mol. The highest BCUT2D eigenvalue weighted by atomic mass is 16.2. The molecule has 0 unspecified atom stereocenters. The molecule has 2 aromatic carbocycles. The van der Waals surface area contributed by atoms with Gasteiger partial charge >= 0.3 is 0 Å². The van der Waals surface area contributed by atoms with E-state index in [9.17, 15) is 9.59 Å². The lowest BCUT2D eigenvalue weighted by Crippen LogP contribution is -2.68. The van der Waals surface area contributed by atoms with Gasteiger partial charge in [-0.3, -0.25) is 9.59 Å². The number of carbonyl (C=O) groups is 2. The van der Waals surface area contributed by atoms with Crippen molar-refractivity contribution in [3.63, 3.8) is 0 Å². The summed E-state index contributed by atoms with van der Waals surface area (Å²) < 4.78 is 0. The van der Waals surface area contributed by atoms with Gasteiger partial charge in [-0.2, -0.15) is 0 Å². The molecule has 152 valence electrons. The fourth-order valence-corrected chi connectivity index (χ4v) is 4.82. The van der Waals surface area contributed by atoms with Gasteiger partial charge in [0.15, 0.2) is 0 Å². The summed E-state index contributed by atoms with van der Waals surface area (Å²) in [5, 5.41) is 3.28. The van der Waals surface area contributed by atoms with Gasteiger partial charge in [0.25, 0.3) is 11.8 Å². The smallest absolute Gasteiger partial charge is 0.255 e. The van der Waals surface area contributed by atoms with E-state index in [0.717, 1.165) is 52.9 Å². The third kappa shape index (κ3) is 3.28. The topological polar surface area (TPSA) is 52.7 Å². The van der Waals surface area contributed by atoms with Crippen molar-refractivity contribution in [1.82, 2.24) is 10.2 Å². The molecule has 1 saturated heterocycles. The Balaban J connectivity index is 1.57. The van der Waals surface area contributed by atoms with Gasteiger partial charge in [-0.15, -0.1) is 0 Å². The van der Waals surface area contributed by atoms with Gasteiger partial charge in [-0.1, -0.05) is 29.3 Å². The van der Waals surface area contributed by atoms with Crippen molar-refractivity contribution >= 4 is 17.5 Å². The SMILES string of the molecule is CCN1c2ccc(C)cc2C(=O)NC12CCN(C(=O)c1ccc(C)cc1C)CC2. The summed E-state index contributed by atoms with van der Waals surface area (Å²) >= 11 is 0. The molecular weight excluding hydrogens is 362 g/mol. The number of rotatable bonds is 2. The number of piperidine rings is 1. The number of carbonyl (C=O) groups excluding carboxylic acids is 2. The lowest BCUT2D eigenvalue weighted by molar-refractivity contribution is 0.0603. The molecule has 0 saturated carbocycles. The van der Waals surface area contributed by atoms with Crippen molar-refractivity contribution in [2.45, 2.75) is 46.2 Å². The van der Waals surface area contributed by atoms with E-state index in [1.165, 1.54) is 0 Å². The summed E-state index contributed by atoms with van der Waals surface area (Å²) in [6.45, 7) is 10.2. The van der Waals surface area contributed by atoms with Crippen molar-refractivity contribution in [2.24, 2.45) is 0 Å². The van der Waals surface area contributed by atoms with Gasteiger partial charge in [0.05, 0.1) is 11.3 Å². The first-order valence-electron chi connectivity index (χ1n) is 10.4. The molecule has 2 amide bonds. The third-order valence-corrected chi connectivity index (χ3v) is 6.36. The number of fused-ring (bicyclic) bond motifs is 1. The van der Waals surface area contributed by atoms with Gasteiger partial charge in [0.1, 0.15) is 5.66 Å². The Labute approximate surface area is 172 Å². The van der Waals surface area contributed by atoms with Crippen LogP contribution in [0.15, 0.2) is 36.4 Å². The zero-order chi connectivity index (χ0) is 20.8. The highest BCUT2D eigenvalue weighted by Gasteiger charge is 2.45. The lowest BCUT2D eigenvalue weighted by atomic mass is 9.89. The average molecular weight is 392 g/mol. The normalized spacial score (nSPS) is 17.9. The molecule has 2 aliphatic heterocycles. The van der Waals surface area contributed by atoms with Crippen molar-refractivity contribution in [1.29, 1.82) is 0 Å². The van der Waals surface area contributed by atoms with E-state index in [-0.39, 0.29) is 11.8 Å². The van der Waals surface area contributed by atoms with Crippen LogP contribution in [0.4, 0.5) is 5.69 Å². The van der Waals surface area contributed by atoms with Gasteiger partial charge in [-0.25, -0.2) is 0 Å². The number of anilines is 1. The number of amides is 2. The monoisotopic (exact) mass is 391 g/mol. The number of nitrogens with zero attached hydrogens (tertiary/aromatic N) is 2. The van der Waals surface area contributed by atoms with E-state index >= 15 is 0 Å². The van der Waals surface area contributed by atoms with Gasteiger partial charge < -0.3 is 15.1 Å². The average Bonchev–Trinajstić information content (AvgIpc) is 2.69. The zero-order valence-electron chi connectivity index (χ0n) is 17.7. The van der Waals surface area contributed by atoms with E-state index in [0.29, 0.717) is 13.1 Å². The molecule has 1 spiro atoms. The molecule has 0 aliphatic carbocycles. The minimum absolute atomic E-state index is 0.0115. The molecule has 1 fully saturated rings. The Kier molecular flexibility index (Phi) is 4.85. The minimum Gasteiger partial charge on any atom is -0.348 e. The highest BCUT2D eigenvalue weighted by molar-refractivity contribution is 6.03. The summed E-state index contributed by atoms with van der Waals surface area (Å²) in [7, 11) is 0. The summed E-state index contributed by atoms with van der Waals surface area (Å²) in [4.78, 5) is 30.2. The van der Waals surface area contributed by atoms with Gasteiger partial charge in [-0.05, 0) is 51.5 Å². The maximum atomic E-state index is 13.1. The van der Waals surface area contributed by atoms with Gasteiger partial charge in [0.2, 0.25) is 0 Å². The van der Waals surface area contributed by atoms with Crippen LogP contribution in [0, 0.1) is 20.8 Å². The molecule has 1 N–H and O–H groups in total. The Bertz CT molecular complexity index is 974. The second-order valence-corrected chi connectivity index (χ2v) is 8.36. The molecule has 29 heavy (non-hydrogen) atoms. The second-order valence-electron chi connectivity index (χ2n) is 8.36. The fourth-order valence-electron chi connectivity index (χ4n) is 4.82. The van der Waals surface area contributed by atoms with Crippen LogP contribution in [-0.2, 0) is 0 Å². The minimum atomic E-state index is -0.423. The Hall–Kier alpha value is -2.82. The number of likely N-dealkylation sites (tertiary alicyclic amines) is 1. The van der Waals surface area contributed by atoms with E-state index in [1.54, 1.807) is 0 Å². The summed E-state index contributed by atoms with van der Waals surface area (Å²) in [5.74, 6) is 0.0705. The number of benzene rings is 2. The quantitative estimate of drug-likeness (QED) is 0.847. The Morgan fingerprint density at radius 3 is 2.34 bits per heavy atom. The predicted octanol–water partition coefficient (Wildman–Crippen LogP) is 3.81. The lowest BCUT2D eigenvalue weighted by Gasteiger charge is -2.52. The first-order valence-corrected chi connectivity index (χ1v) is 10.4. The van der Waals surface area contributed by atoms with E-state index in [4.69, 9.17) is 0 Å². The van der Waals surface area contributed by atoms with Crippen molar-refractivity contribution in [3.8, 4) is 0 Å². The summed E-state index contributed by atoms with van der Waals surface area (Å²) in [6.07, 6.45) is 1.44. The highest BCUT2D eigenvalue weighted by Crippen LogP contribution is 2.37. The standard InChI is InChI=1S/C24H29N3O2/c1-5-27-21-9-7-17(3)15-20(21)22(28)25-24(27)10-12-26(13-11-24)23(29)19-8-6-16(2)14-18(19)4/h6-9,14-15H,5,10-13H2,1-4H3,(H,25,28). The fraction of sp³-hybridized carbons (Fsp3) is 0.417. The molecular formula is C24H29N3O2. The van der Waals surface area contributed by atoms with Gasteiger partial charge in [0, 0.05) is 38.0 Å². The molecule has 5 nitrogen and oxygen atoms in total. The summed E-state index contributed by atoms with van der Waals surface area (Å²) in [5.41, 5.74) is 5.34. The van der Waals surface area contributed by atoms with E-state index in [2.05, 4.69) is 35.3 Å². The van der Waals surface area contributed by atoms with Crippen molar-refractivity contribution < 1.29 is 9.59 Å². The number of nitrogens with one attached hydrogen (secondary N) is 1. The molecule has 0 radical (unpaired) electrons. The maximum Gasteiger partial charge on any atom is 0.255 e. The van der Waals surface area contributed by atoms with Crippen LogP contribution in [0.2, 0.25) is 0 Å². The van der Waals surface area contributed by atoms with Crippen LogP contribution in [-0.4, -0.2) is 42.0 Å². The first kappa shape index (κ1) is 19.5. The molecule has 0 aromatic heterocycles. The maximum absolute atomic E-state index is 13.1. The number of hydrogen-bond acceptors (Lipinski definition) is 3. The van der Waals surface area contributed by atoms with Crippen LogP contribution >= 0.6 is 0 Å².